The van der Waals surface area contributed by atoms with Crippen LogP contribution in [0.1, 0.15) is 59.8 Å². The van der Waals surface area contributed by atoms with Gasteiger partial charge < -0.3 is 4.74 Å². The highest BCUT2D eigenvalue weighted by atomic mass is 32.2. The number of hydrogen-bond donors (Lipinski definition) is 0. The van der Waals surface area contributed by atoms with Crippen LogP contribution in [0.25, 0.3) is 0 Å². The van der Waals surface area contributed by atoms with E-state index in [9.17, 15) is 9.59 Å². The third-order valence-corrected chi connectivity index (χ3v) is 11.3. The molecule has 0 aromatic heterocycles. The molecule has 158 valence electrons. The maximum absolute atomic E-state index is 12.3. The maximum atomic E-state index is 12.3. The van der Waals surface area contributed by atoms with Gasteiger partial charge in [-0.3, -0.25) is 9.59 Å². The fourth-order valence-electron chi connectivity index (χ4n) is 8.65. The van der Waals surface area contributed by atoms with Crippen molar-refractivity contribution in [3.63, 3.8) is 0 Å². The van der Waals surface area contributed by atoms with Gasteiger partial charge in [0.1, 0.15) is 5.60 Å². The lowest BCUT2D eigenvalue weighted by atomic mass is 9.46. The second-order valence-electron chi connectivity index (χ2n) is 10.8. The Kier molecular flexibility index (Phi) is 4.29. The van der Waals surface area contributed by atoms with Crippen LogP contribution >= 0.6 is 11.8 Å². The fourth-order valence-corrected chi connectivity index (χ4v) is 9.67. The Bertz CT molecular complexity index is 830. The van der Waals surface area contributed by atoms with E-state index in [-0.39, 0.29) is 28.2 Å². The molecule has 4 heteroatoms. The number of ether oxygens (including phenoxy) is 1. The zero-order valence-corrected chi connectivity index (χ0v) is 19.2. The zero-order chi connectivity index (χ0) is 20.8. The van der Waals surface area contributed by atoms with Crippen LogP contribution in [0.4, 0.5) is 0 Å². The van der Waals surface area contributed by atoms with E-state index in [2.05, 4.69) is 40.0 Å². The molecular weight excluding hydrogens is 380 g/mol. The number of ketones is 1. The van der Waals surface area contributed by atoms with E-state index < -0.39 is 0 Å². The number of allylic oxidation sites excluding steroid dienone is 4. The largest absolute Gasteiger partial charge is 0.458 e. The first-order valence-electron chi connectivity index (χ1n) is 11.4. The van der Waals surface area contributed by atoms with E-state index in [1.807, 2.05) is 17.8 Å². The first kappa shape index (κ1) is 19.9. The third kappa shape index (κ3) is 2.33. The number of hydrogen-bond acceptors (Lipinski definition) is 4. The van der Waals surface area contributed by atoms with Gasteiger partial charge in [0, 0.05) is 22.5 Å². The molecule has 0 radical (unpaired) electrons. The number of esters is 1. The van der Waals surface area contributed by atoms with Gasteiger partial charge in [-0.15, -0.1) is 0 Å². The molecule has 1 spiro atoms. The van der Waals surface area contributed by atoms with Crippen molar-refractivity contribution in [2.45, 2.75) is 70.7 Å². The Morgan fingerprint density at radius 1 is 1.17 bits per heavy atom. The highest BCUT2D eigenvalue weighted by molar-refractivity contribution is 7.99. The summed E-state index contributed by atoms with van der Waals surface area (Å²) in [4.78, 5) is 24.4. The van der Waals surface area contributed by atoms with Crippen LogP contribution in [0.15, 0.2) is 23.8 Å². The van der Waals surface area contributed by atoms with E-state index in [1.54, 1.807) is 6.08 Å². The van der Waals surface area contributed by atoms with E-state index in [4.69, 9.17) is 4.74 Å². The summed E-state index contributed by atoms with van der Waals surface area (Å²) in [6.45, 7) is 9.57. The lowest BCUT2D eigenvalue weighted by Gasteiger charge is -2.60. The van der Waals surface area contributed by atoms with E-state index >= 15 is 0 Å². The van der Waals surface area contributed by atoms with Crippen LogP contribution in [0.2, 0.25) is 0 Å². The molecule has 3 saturated carbocycles. The van der Waals surface area contributed by atoms with Gasteiger partial charge in [0.15, 0.2) is 5.78 Å². The Labute approximate surface area is 179 Å². The van der Waals surface area contributed by atoms with Crippen LogP contribution in [0.5, 0.6) is 0 Å². The molecule has 3 nitrogen and oxygen atoms in total. The number of rotatable bonds is 1. The fraction of sp³-hybridized carbons (Fsp3) is 0.760. The maximum Gasteiger partial charge on any atom is 0.306 e. The summed E-state index contributed by atoms with van der Waals surface area (Å²) < 4.78 is 6.24. The number of carbonyl (C=O) groups is 2. The Morgan fingerprint density at radius 3 is 2.59 bits per heavy atom. The smallest absolute Gasteiger partial charge is 0.306 e. The standard InChI is InChI=1S/C25H34O3S/c1-14-15(2)25(11-8-20(27)28-25)24(4)10-7-18-21(22(14)24)19(29-5)13-16-12-17(26)6-9-23(16,18)3/h6,9,12,14-15,18-19,21-22H,7-8,10-11,13H2,1-5H3/t14-,15+,18+,19?,21+,22+,23+,24+,25+/m1/s1. The Morgan fingerprint density at radius 2 is 1.93 bits per heavy atom. The second-order valence-corrected chi connectivity index (χ2v) is 11.9. The van der Waals surface area contributed by atoms with Gasteiger partial charge in [0.05, 0.1) is 0 Å². The lowest BCUT2D eigenvalue weighted by molar-refractivity contribution is -0.172. The predicted molar refractivity (Wildman–Crippen MR) is 116 cm³/mol. The predicted octanol–water partition coefficient (Wildman–Crippen LogP) is 5.20. The molecule has 5 aliphatic rings. The van der Waals surface area contributed by atoms with E-state index in [1.165, 1.54) is 5.57 Å². The van der Waals surface area contributed by atoms with Gasteiger partial charge in [-0.25, -0.2) is 0 Å². The highest BCUT2D eigenvalue weighted by Crippen LogP contribution is 2.72. The molecule has 0 N–H and O–H groups in total. The van der Waals surface area contributed by atoms with Gasteiger partial charge in [-0.2, -0.15) is 11.8 Å². The van der Waals surface area contributed by atoms with E-state index in [0.717, 1.165) is 25.7 Å². The minimum atomic E-state index is -0.280. The molecule has 0 aromatic rings. The van der Waals surface area contributed by atoms with Crippen molar-refractivity contribution in [2.24, 2.45) is 40.4 Å². The molecular formula is C25H34O3S. The van der Waals surface area contributed by atoms with Crippen LogP contribution in [-0.2, 0) is 14.3 Å². The average Bonchev–Trinajstić information content (AvgIpc) is 3.16. The van der Waals surface area contributed by atoms with Crippen molar-refractivity contribution in [3.05, 3.63) is 23.8 Å². The molecule has 1 unspecified atom stereocenters. The molecule has 0 bridgehead atoms. The summed E-state index contributed by atoms with van der Waals surface area (Å²) in [5.74, 6) is 2.81. The molecule has 4 aliphatic carbocycles. The molecule has 29 heavy (non-hydrogen) atoms. The summed E-state index contributed by atoms with van der Waals surface area (Å²) in [7, 11) is 0. The normalized spacial score (nSPS) is 53.3. The lowest BCUT2D eigenvalue weighted by Crippen LogP contribution is -2.58. The van der Waals surface area contributed by atoms with Crippen molar-refractivity contribution in [1.29, 1.82) is 0 Å². The summed E-state index contributed by atoms with van der Waals surface area (Å²) in [5.41, 5.74) is 1.11. The Balaban J connectivity index is 1.61. The molecule has 1 heterocycles. The van der Waals surface area contributed by atoms with Gasteiger partial charge in [-0.1, -0.05) is 39.3 Å². The van der Waals surface area contributed by atoms with Crippen molar-refractivity contribution < 1.29 is 14.3 Å². The molecule has 1 aliphatic heterocycles. The molecule has 5 rings (SSSR count). The number of fused-ring (bicyclic) bond motifs is 6. The summed E-state index contributed by atoms with van der Waals surface area (Å²) in [5, 5.41) is 0.533. The topological polar surface area (TPSA) is 43.4 Å². The first-order chi connectivity index (χ1) is 13.7. The average molecular weight is 415 g/mol. The number of carbonyl (C=O) groups excluding carboxylic acids is 2. The van der Waals surface area contributed by atoms with Crippen LogP contribution in [-0.4, -0.2) is 28.9 Å². The number of thioether (sulfide) groups is 1. The summed E-state index contributed by atoms with van der Waals surface area (Å²) in [6.07, 6.45) is 12.9. The van der Waals surface area contributed by atoms with Crippen LogP contribution < -0.4 is 0 Å². The molecule has 0 aromatic carbocycles. The summed E-state index contributed by atoms with van der Waals surface area (Å²) in [6, 6.07) is 0. The quantitative estimate of drug-likeness (QED) is 0.553. The third-order valence-electron chi connectivity index (χ3n) is 10.2. The molecule has 1 saturated heterocycles. The van der Waals surface area contributed by atoms with Crippen molar-refractivity contribution >= 4 is 23.5 Å². The highest BCUT2D eigenvalue weighted by Gasteiger charge is 2.72. The van der Waals surface area contributed by atoms with Crippen molar-refractivity contribution in [1.82, 2.24) is 0 Å². The van der Waals surface area contributed by atoms with Gasteiger partial charge in [0.2, 0.25) is 0 Å². The zero-order valence-electron chi connectivity index (χ0n) is 18.4. The summed E-state index contributed by atoms with van der Waals surface area (Å²) >= 11 is 1.99. The SMILES string of the molecule is CSC1CC2=CC(=O)C=C[C@]2(C)[C@H]2CC[C@@]3(C)[C@@H]([C@H](C)[C@H](C)[C@@]34CCC(=O)O4)[C@H]12. The second kappa shape index (κ2) is 6.24. The van der Waals surface area contributed by atoms with Gasteiger partial charge in [0.25, 0.3) is 0 Å². The molecule has 0 amide bonds. The van der Waals surface area contributed by atoms with Crippen molar-refractivity contribution in [3.8, 4) is 0 Å². The van der Waals surface area contributed by atoms with Gasteiger partial charge >= 0.3 is 5.97 Å². The monoisotopic (exact) mass is 414 g/mol. The minimum Gasteiger partial charge on any atom is -0.458 e. The molecule has 4 fully saturated rings. The molecule has 9 atom stereocenters. The van der Waals surface area contributed by atoms with Gasteiger partial charge in [-0.05, 0) is 73.7 Å². The minimum absolute atomic E-state index is 0.00278. The van der Waals surface area contributed by atoms with Crippen molar-refractivity contribution in [2.75, 3.05) is 6.26 Å². The van der Waals surface area contributed by atoms with E-state index in [0.29, 0.717) is 41.3 Å². The van der Waals surface area contributed by atoms with Crippen LogP contribution in [0, 0.1) is 40.4 Å². The Hall–Kier alpha value is -1.03. The first-order valence-corrected chi connectivity index (χ1v) is 12.7. The van der Waals surface area contributed by atoms with Crippen LogP contribution in [0.3, 0.4) is 0 Å².